The summed E-state index contributed by atoms with van der Waals surface area (Å²) in [5.41, 5.74) is 3.52. The predicted molar refractivity (Wildman–Crippen MR) is 122 cm³/mol. The minimum atomic E-state index is -0.273. The number of carbonyl (C=O) groups excluding carboxylic acids is 1. The van der Waals surface area contributed by atoms with E-state index in [9.17, 15) is 4.79 Å². The number of anilines is 1. The standard InChI is InChI=1S/C22H21N5O2S2/c1-13(2)15-6-8-16(9-7-15)20-25-26-22(31-20)24-19(28)18-5-4-10-23-21(18)30-12-17-11-14(3)29-27-17/h4-11,13H,12H2,1-3H3,(H,24,26,28). The van der Waals surface area contributed by atoms with Gasteiger partial charge in [-0.25, -0.2) is 4.98 Å². The van der Waals surface area contributed by atoms with E-state index in [1.807, 2.05) is 25.1 Å². The highest BCUT2D eigenvalue weighted by Gasteiger charge is 2.16. The number of thioether (sulfide) groups is 1. The lowest BCUT2D eigenvalue weighted by Crippen LogP contribution is -2.13. The van der Waals surface area contributed by atoms with Gasteiger partial charge in [0.15, 0.2) is 0 Å². The number of pyridine rings is 1. The Morgan fingerprint density at radius 1 is 1.19 bits per heavy atom. The van der Waals surface area contributed by atoms with Gasteiger partial charge in [-0.2, -0.15) is 0 Å². The van der Waals surface area contributed by atoms with Crippen LogP contribution in [0.1, 0.15) is 47.1 Å². The summed E-state index contributed by atoms with van der Waals surface area (Å²) < 4.78 is 5.09. The molecule has 0 radical (unpaired) electrons. The van der Waals surface area contributed by atoms with Crippen LogP contribution >= 0.6 is 23.1 Å². The third-order valence-electron chi connectivity index (χ3n) is 4.52. The number of carbonyl (C=O) groups is 1. The van der Waals surface area contributed by atoms with Crippen LogP contribution in [-0.2, 0) is 5.75 Å². The number of nitrogens with one attached hydrogen (secondary N) is 1. The molecule has 0 saturated carbocycles. The first-order valence-corrected chi connectivity index (χ1v) is 11.5. The fraction of sp³-hybridized carbons (Fsp3) is 0.227. The van der Waals surface area contributed by atoms with E-state index >= 15 is 0 Å². The minimum Gasteiger partial charge on any atom is -0.361 e. The van der Waals surface area contributed by atoms with Gasteiger partial charge in [0.2, 0.25) is 5.13 Å². The number of hydrogen-bond donors (Lipinski definition) is 1. The molecule has 0 fully saturated rings. The second-order valence-corrected chi connectivity index (χ2v) is 9.16. The lowest BCUT2D eigenvalue weighted by molar-refractivity contribution is 0.102. The quantitative estimate of drug-likeness (QED) is 0.367. The van der Waals surface area contributed by atoms with Crippen LogP contribution in [0.15, 0.2) is 58.2 Å². The van der Waals surface area contributed by atoms with Gasteiger partial charge in [-0.05, 0) is 30.5 Å². The summed E-state index contributed by atoms with van der Waals surface area (Å²) in [6.45, 7) is 6.16. The Hall–Kier alpha value is -3.04. The summed E-state index contributed by atoms with van der Waals surface area (Å²) in [6, 6.07) is 13.6. The minimum absolute atomic E-state index is 0.273. The van der Waals surface area contributed by atoms with E-state index in [0.29, 0.717) is 27.4 Å². The molecule has 3 heterocycles. The highest BCUT2D eigenvalue weighted by atomic mass is 32.2. The first-order chi connectivity index (χ1) is 15.0. The summed E-state index contributed by atoms with van der Waals surface area (Å²) in [7, 11) is 0. The zero-order valence-corrected chi connectivity index (χ0v) is 19.0. The fourth-order valence-corrected chi connectivity index (χ4v) is 4.49. The number of nitrogens with zero attached hydrogens (tertiary/aromatic N) is 4. The highest BCUT2D eigenvalue weighted by Crippen LogP contribution is 2.29. The predicted octanol–water partition coefficient (Wildman–Crippen LogP) is 5.56. The number of amides is 1. The van der Waals surface area contributed by atoms with E-state index in [0.717, 1.165) is 22.0 Å². The van der Waals surface area contributed by atoms with Crippen LogP contribution in [-0.4, -0.2) is 26.2 Å². The van der Waals surface area contributed by atoms with Crippen molar-refractivity contribution in [3.8, 4) is 10.6 Å². The van der Waals surface area contributed by atoms with Gasteiger partial charge < -0.3 is 4.52 Å². The van der Waals surface area contributed by atoms with E-state index in [1.165, 1.54) is 28.7 Å². The lowest BCUT2D eigenvalue weighted by atomic mass is 10.0. The van der Waals surface area contributed by atoms with Crippen LogP contribution in [0.3, 0.4) is 0 Å². The topological polar surface area (TPSA) is 93.8 Å². The van der Waals surface area contributed by atoms with Crippen molar-refractivity contribution in [2.24, 2.45) is 0 Å². The molecule has 7 nitrogen and oxygen atoms in total. The summed E-state index contributed by atoms with van der Waals surface area (Å²) in [5, 5.41) is 17.0. The molecule has 0 aliphatic carbocycles. The third kappa shape index (κ3) is 5.18. The van der Waals surface area contributed by atoms with Gasteiger partial charge in [-0.3, -0.25) is 10.1 Å². The monoisotopic (exact) mass is 451 g/mol. The summed E-state index contributed by atoms with van der Waals surface area (Å²) in [6.07, 6.45) is 1.66. The second-order valence-electron chi connectivity index (χ2n) is 7.22. The van der Waals surface area contributed by atoms with Crippen molar-refractivity contribution in [3.63, 3.8) is 0 Å². The molecule has 0 aliphatic rings. The molecule has 0 saturated heterocycles. The average molecular weight is 452 g/mol. The number of rotatable bonds is 7. The van der Waals surface area contributed by atoms with Gasteiger partial charge in [0.1, 0.15) is 15.8 Å². The maximum atomic E-state index is 12.9. The first kappa shape index (κ1) is 21.2. The number of aromatic nitrogens is 4. The van der Waals surface area contributed by atoms with Gasteiger partial charge >= 0.3 is 0 Å². The number of aryl methyl sites for hydroxylation is 1. The molecular formula is C22H21N5O2S2. The van der Waals surface area contributed by atoms with Crippen molar-refractivity contribution >= 4 is 34.1 Å². The zero-order valence-electron chi connectivity index (χ0n) is 17.3. The maximum Gasteiger partial charge on any atom is 0.260 e. The molecule has 158 valence electrons. The largest absolute Gasteiger partial charge is 0.361 e. The molecule has 4 aromatic rings. The molecule has 0 aliphatic heterocycles. The van der Waals surface area contributed by atoms with E-state index in [1.54, 1.807) is 18.3 Å². The summed E-state index contributed by atoms with van der Waals surface area (Å²) >= 11 is 2.77. The molecule has 1 N–H and O–H groups in total. The molecule has 31 heavy (non-hydrogen) atoms. The molecule has 1 aromatic carbocycles. The molecule has 0 spiro atoms. The fourth-order valence-electron chi connectivity index (χ4n) is 2.87. The number of benzene rings is 1. The first-order valence-electron chi connectivity index (χ1n) is 9.75. The lowest BCUT2D eigenvalue weighted by Gasteiger charge is -2.06. The smallest absolute Gasteiger partial charge is 0.260 e. The van der Waals surface area contributed by atoms with E-state index in [4.69, 9.17) is 4.52 Å². The van der Waals surface area contributed by atoms with Crippen LogP contribution in [0.4, 0.5) is 5.13 Å². The van der Waals surface area contributed by atoms with Gasteiger partial charge in [0.05, 0.1) is 11.3 Å². The average Bonchev–Trinajstić information content (AvgIpc) is 3.41. The van der Waals surface area contributed by atoms with Crippen molar-refractivity contribution in [1.82, 2.24) is 20.3 Å². The van der Waals surface area contributed by atoms with Crippen molar-refractivity contribution in [2.75, 3.05) is 5.32 Å². The van der Waals surface area contributed by atoms with E-state index in [-0.39, 0.29) is 5.91 Å². The van der Waals surface area contributed by atoms with Crippen LogP contribution < -0.4 is 5.32 Å². The molecule has 0 unspecified atom stereocenters. The Bertz CT molecular complexity index is 1180. The molecule has 0 bridgehead atoms. The second kappa shape index (κ2) is 9.40. The van der Waals surface area contributed by atoms with Crippen LogP contribution in [0.25, 0.3) is 10.6 Å². The molecule has 1 amide bonds. The molecular weight excluding hydrogens is 430 g/mol. The Morgan fingerprint density at radius 3 is 2.71 bits per heavy atom. The molecule has 3 aromatic heterocycles. The van der Waals surface area contributed by atoms with Gasteiger partial charge in [0.25, 0.3) is 5.91 Å². The van der Waals surface area contributed by atoms with Crippen molar-refractivity contribution < 1.29 is 9.32 Å². The number of hydrogen-bond acceptors (Lipinski definition) is 8. The zero-order chi connectivity index (χ0) is 21.8. The van der Waals surface area contributed by atoms with Gasteiger partial charge in [-0.15, -0.1) is 10.2 Å². The maximum absolute atomic E-state index is 12.9. The molecule has 9 heteroatoms. The van der Waals surface area contributed by atoms with E-state index in [2.05, 4.69) is 51.6 Å². The Morgan fingerprint density at radius 2 is 2.00 bits per heavy atom. The van der Waals surface area contributed by atoms with E-state index < -0.39 is 0 Å². The SMILES string of the molecule is Cc1cc(CSc2ncccc2C(=O)Nc2nnc(-c3ccc(C(C)C)cc3)s2)no1. The van der Waals surface area contributed by atoms with Crippen LogP contribution in [0, 0.1) is 6.92 Å². The molecule has 4 rings (SSSR count). The van der Waals surface area contributed by atoms with Crippen molar-refractivity contribution in [1.29, 1.82) is 0 Å². The van der Waals surface area contributed by atoms with Crippen LogP contribution in [0.5, 0.6) is 0 Å². The van der Waals surface area contributed by atoms with Gasteiger partial charge in [-0.1, -0.05) is 66.4 Å². The Kier molecular flexibility index (Phi) is 6.43. The van der Waals surface area contributed by atoms with Crippen molar-refractivity contribution in [2.45, 2.75) is 37.5 Å². The third-order valence-corrected chi connectivity index (χ3v) is 6.45. The van der Waals surface area contributed by atoms with Gasteiger partial charge in [0, 0.05) is 23.6 Å². The highest BCUT2D eigenvalue weighted by molar-refractivity contribution is 7.98. The summed E-state index contributed by atoms with van der Waals surface area (Å²) in [4.78, 5) is 17.2. The van der Waals surface area contributed by atoms with Crippen molar-refractivity contribution in [3.05, 3.63) is 71.2 Å². The Labute approximate surface area is 188 Å². The molecule has 0 atom stereocenters. The van der Waals surface area contributed by atoms with Crippen LogP contribution in [0.2, 0.25) is 0 Å². The Balaban J connectivity index is 1.45. The summed E-state index contributed by atoms with van der Waals surface area (Å²) in [5.74, 6) is 1.51. The normalized spacial score (nSPS) is 11.1.